The Balaban J connectivity index is 2.06. The highest BCUT2D eigenvalue weighted by Gasteiger charge is 2.12. The van der Waals surface area contributed by atoms with Crippen LogP contribution >= 0.6 is 61.1 Å². The fourth-order valence-corrected chi connectivity index (χ4v) is 5.10. The number of ether oxygens (including phenoxy) is 1. The normalized spacial score (nSPS) is 11.7. The Morgan fingerprint density at radius 2 is 1.93 bits per heavy atom. The van der Waals surface area contributed by atoms with E-state index in [9.17, 15) is 4.79 Å². The molecule has 0 spiro atoms. The fraction of sp³-hybridized carbons (Fsp3) is 0.250. The van der Waals surface area contributed by atoms with Crippen molar-refractivity contribution in [3.63, 3.8) is 0 Å². The molecule has 5 nitrogen and oxygen atoms in total. The van der Waals surface area contributed by atoms with Crippen molar-refractivity contribution in [1.29, 1.82) is 0 Å². The molecule has 2 aromatic carbocycles. The lowest BCUT2D eigenvalue weighted by Gasteiger charge is -2.14. The van der Waals surface area contributed by atoms with Crippen molar-refractivity contribution in [3.05, 3.63) is 63.7 Å². The van der Waals surface area contributed by atoms with E-state index in [1.54, 1.807) is 12.3 Å². The fourth-order valence-electron chi connectivity index (χ4n) is 2.67. The van der Waals surface area contributed by atoms with Crippen LogP contribution in [0.2, 0.25) is 0 Å². The summed E-state index contributed by atoms with van der Waals surface area (Å²) in [6.07, 6.45) is 2.40. The molecule has 146 valence electrons. The number of hydrogen-bond acceptors (Lipinski definition) is 4. The van der Waals surface area contributed by atoms with Crippen LogP contribution in [-0.4, -0.2) is 22.0 Å². The summed E-state index contributed by atoms with van der Waals surface area (Å²) >= 11 is 7.93. The second-order valence-electron chi connectivity index (χ2n) is 6.38. The predicted octanol–water partition coefficient (Wildman–Crippen LogP) is 5.60. The highest BCUT2D eigenvalue weighted by molar-refractivity contribution is 14.1. The van der Waals surface area contributed by atoms with E-state index in [2.05, 4.69) is 71.2 Å². The number of aromatic nitrogens is 2. The Hall–Kier alpha value is -1.01. The number of hydrogen-bond donors (Lipinski definition) is 0. The van der Waals surface area contributed by atoms with Gasteiger partial charge in [0, 0.05) is 10.9 Å². The molecule has 0 bridgehead atoms. The first-order valence-electron chi connectivity index (χ1n) is 8.71. The maximum Gasteiger partial charge on any atom is 0.282 e. The summed E-state index contributed by atoms with van der Waals surface area (Å²) in [5, 5.41) is 4.99. The molecule has 0 aliphatic rings. The summed E-state index contributed by atoms with van der Waals surface area (Å²) < 4.78 is 10.1. The number of halogens is 3. The van der Waals surface area contributed by atoms with Gasteiger partial charge in [-0.15, -0.1) is 0 Å². The van der Waals surface area contributed by atoms with Gasteiger partial charge in [0.05, 0.1) is 30.4 Å². The second-order valence-corrected chi connectivity index (χ2v) is 9.62. The highest BCUT2D eigenvalue weighted by Crippen LogP contribution is 2.29. The Kier molecular flexibility index (Phi) is 7.13. The average molecular weight is 666 g/mol. The van der Waals surface area contributed by atoms with Gasteiger partial charge in [-0.1, -0.05) is 22.9 Å². The Bertz CT molecular complexity index is 1100. The van der Waals surface area contributed by atoms with Crippen molar-refractivity contribution < 1.29 is 4.74 Å². The lowest BCUT2D eigenvalue weighted by Crippen LogP contribution is -2.22. The third-order valence-electron chi connectivity index (χ3n) is 3.89. The first-order valence-corrected chi connectivity index (χ1v) is 11.7. The summed E-state index contributed by atoms with van der Waals surface area (Å²) in [7, 11) is 0. The third kappa shape index (κ3) is 4.76. The van der Waals surface area contributed by atoms with Crippen LogP contribution in [0.15, 0.2) is 44.7 Å². The van der Waals surface area contributed by atoms with Gasteiger partial charge in [-0.2, -0.15) is 9.78 Å². The lowest BCUT2D eigenvalue weighted by atomic mass is 10.2. The molecule has 0 saturated carbocycles. The largest absolute Gasteiger partial charge is 0.489 e. The molecule has 8 heteroatoms. The molecule has 0 amide bonds. The van der Waals surface area contributed by atoms with Gasteiger partial charge in [-0.3, -0.25) is 4.79 Å². The zero-order chi connectivity index (χ0) is 20.4. The van der Waals surface area contributed by atoms with Gasteiger partial charge in [0.1, 0.15) is 11.6 Å². The van der Waals surface area contributed by atoms with Gasteiger partial charge in [-0.25, -0.2) is 4.98 Å². The Morgan fingerprint density at radius 3 is 2.54 bits per heavy atom. The minimum absolute atomic E-state index is 0.107. The van der Waals surface area contributed by atoms with Crippen LogP contribution in [-0.2, 0) is 6.42 Å². The Labute approximate surface area is 199 Å². The molecule has 0 N–H and O–H groups in total. The molecule has 28 heavy (non-hydrogen) atoms. The van der Waals surface area contributed by atoms with Gasteiger partial charge < -0.3 is 4.74 Å². The standard InChI is InChI=1S/C20H18BrI2N3O2/c1-4-18-25-17-6-5-13(21)9-14(17)20(27)26(18)24-10-12-7-15(22)19(16(23)8-12)28-11(2)3/h5-11H,4H2,1-3H3. The van der Waals surface area contributed by atoms with Gasteiger partial charge in [0.2, 0.25) is 0 Å². The van der Waals surface area contributed by atoms with Crippen molar-refractivity contribution in [2.75, 3.05) is 0 Å². The molecule has 0 atom stereocenters. The summed E-state index contributed by atoms with van der Waals surface area (Å²) in [4.78, 5) is 17.6. The van der Waals surface area contributed by atoms with Crippen LogP contribution in [0, 0.1) is 7.14 Å². The molecule has 0 unspecified atom stereocenters. The lowest BCUT2D eigenvalue weighted by molar-refractivity contribution is 0.239. The van der Waals surface area contributed by atoms with Crippen molar-refractivity contribution in [2.45, 2.75) is 33.3 Å². The number of fused-ring (bicyclic) bond motifs is 1. The molecule has 0 fully saturated rings. The van der Waals surface area contributed by atoms with Crippen molar-refractivity contribution in [3.8, 4) is 5.75 Å². The molecule has 0 saturated heterocycles. The van der Waals surface area contributed by atoms with Crippen LogP contribution in [0.4, 0.5) is 0 Å². The topological polar surface area (TPSA) is 56.5 Å². The van der Waals surface area contributed by atoms with Crippen molar-refractivity contribution >= 4 is 78.2 Å². The molecular formula is C20H18BrI2N3O2. The number of nitrogens with zero attached hydrogens (tertiary/aromatic N) is 3. The maximum atomic E-state index is 13.0. The van der Waals surface area contributed by atoms with Gasteiger partial charge >= 0.3 is 0 Å². The SMILES string of the molecule is CCc1nc2ccc(Br)cc2c(=O)n1N=Cc1cc(I)c(OC(C)C)c(I)c1. The van der Waals surface area contributed by atoms with Gasteiger partial charge in [0.15, 0.2) is 0 Å². The minimum Gasteiger partial charge on any atom is -0.489 e. The highest BCUT2D eigenvalue weighted by atomic mass is 127. The summed E-state index contributed by atoms with van der Waals surface area (Å²) in [6.45, 7) is 5.97. The first kappa shape index (κ1) is 21.7. The number of aryl methyl sites for hydroxylation is 1. The summed E-state index contributed by atoms with van der Waals surface area (Å²) in [6, 6.07) is 9.48. The third-order valence-corrected chi connectivity index (χ3v) is 5.98. The predicted molar refractivity (Wildman–Crippen MR) is 134 cm³/mol. The zero-order valence-electron chi connectivity index (χ0n) is 15.5. The van der Waals surface area contributed by atoms with Crippen molar-refractivity contribution in [2.24, 2.45) is 5.10 Å². The maximum absolute atomic E-state index is 13.0. The van der Waals surface area contributed by atoms with E-state index < -0.39 is 0 Å². The first-order chi connectivity index (χ1) is 13.3. The van der Waals surface area contributed by atoms with Crippen LogP contribution in [0.25, 0.3) is 10.9 Å². The molecule has 1 heterocycles. The van der Waals surface area contributed by atoms with E-state index in [-0.39, 0.29) is 11.7 Å². The summed E-state index contributed by atoms with van der Waals surface area (Å²) in [5.74, 6) is 1.50. The van der Waals surface area contributed by atoms with Gasteiger partial charge in [0.25, 0.3) is 5.56 Å². The molecule has 0 aliphatic carbocycles. The van der Waals surface area contributed by atoms with Crippen LogP contribution in [0.1, 0.15) is 32.2 Å². The second kappa shape index (κ2) is 9.21. The molecule has 0 aliphatic heterocycles. The molecule has 3 aromatic rings. The van der Waals surface area contributed by atoms with E-state index in [0.29, 0.717) is 23.1 Å². The molecular weight excluding hydrogens is 648 g/mol. The molecule has 0 radical (unpaired) electrons. The van der Waals surface area contributed by atoms with Crippen LogP contribution in [0.5, 0.6) is 5.75 Å². The smallest absolute Gasteiger partial charge is 0.282 e. The number of benzene rings is 2. The van der Waals surface area contributed by atoms with Gasteiger partial charge in [-0.05, 0) is 94.9 Å². The monoisotopic (exact) mass is 665 g/mol. The van der Waals surface area contributed by atoms with E-state index in [1.165, 1.54) is 4.68 Å². The molecule has 1 aromatic heterocycles. The number of rotatable bonds is 5. The van der Waals surface area contributed by atoms with Crippen LogP contribution < -0.4 is 10.3 Å². The van der Waals surface area contributed by atoms with E-state index in [4.69, 9.17) is 4.74 Å². The van der Waals surface area contributed by atoms with E-state index >= 15 is 0 Å². The van der Waals surface area contributed by atoms with E-state index in [0.717, 1.165) is 22.9 Å². The van der Waals surface area contributed by atoms with E-state index in [1.807, 2.05) is 45.0 Å². The Morgan fingerprint density at radius 1 is 1.25 bits per heavy atom. The quantitative estimate of drug-likeness (QED) is 0.264. The summed E-state index contributed by atoms with van der Waals surface area (Å²) in [5.41, 5.74) is 1.40. The average Bonchev–Trinajstić information content (AvgIpc) is 2.64. The minimum atomic E-state index is -0.177. The van der Waals surface area contributed by atoms with Crippen LogP contribution in [0.3, 0.4) is 0 Å². The molecule has 3 rings (SSSR count). The zero-order valence-corrected chi connectivity index (χ0v) is 21.4. The van der Waals surface area contributed by atoms with Crippen molar-refractivity contribution in [1.82, 2.24) is 9.66 Å².